The molecule has 0 saturated heterocycles. The molecule has 0 unspecified atom stereocenters. The number of rotatable bonds is 5. The van der Waals surface area contributed by atoms with E-state index in [9.17, 15) is 9.59 Å². The normalized spacial score (nSPS) is 10.3. The first kappa shape index (κ1) is 14.5. The molecule has 18 heavy (non-hydrogen) atoms. The first-order valence-corrected chi connectivity index (χ1v) is 6.01. The molecule has 0 aliphatic heterocycles. The summed E-state index contributed by atoms with van der Waals surface area (Å²) >= 11 is 6.02. The van der Waals surface area contributed by atoms with Crippen LogP contribution < -0.4 is 10.1 Å². The summed E-state index contributed by atoms with van der Waals surface area (Å²) in [5.41, 5.74) is 0.544. The monoisotopic (exact) mass is 269 g/mol. The molecule has 0 heterocycles. The Hall–Kier alpha value is -1.55. The smallest absolute Gasteiger partial charge is 0.231 e. The SMILES string of the molecule is CC(=O)CC(=O)Nc1ccc(OC(C)C)c(Cl)c1. The Morgan fingerprint density at radius 1 is 1.39 bits per heavy atom. The van der Waals surface area contributed by atoms with Crippen LogP contribution in [0.4, 0.5) is 5.69 Å². The lowest BCUT2D eigenvalue weighted by molar-refractivity contribution is -0.124. The molecule has 1 N–H and O–H groups in total. The maximum Gasteiger partial charge on any atom is 0.231 e. The Labute approximate surface area is 111 Å². The van der Waals surface area contributed by atoms with Crippen LogP contribution in [0.15, 0.2) is 18.2 Å². The highest BCUT2D eigenvalue weighted by atomic mass is 35.5. The van der Waals surface area contributed by atoms with Gasteiger partial charge in [-0.1, -0.05) is 11.6 Å². The second kappa shape index (κ2) is 6.40. The third kappa shape index (κ3) is 4.75. The lowest BCUT2D eigenvalue weighted by atomic mass is 10.2. The van der Waals surface area contributed by atoms with Crippen molar-refractivity contribution in [2.45, 2.75) is 33.3 Å². The van der Waals surface area contributed by atoms with Crippen molar-refractivity contribution in [3.05, 3.63) is 23.2 Å². The molecular formula is C13H16ClNO3. The number of nitrogens with one attached hydrogen (secondary N) is 1. The average molecular weight is 270 g/mol. The van der Waals surface area contributed by atoms with Crippen LogP contribution in [0.2, 0.25) is 5.02 Å². The molecule has 5 heteroatoms. The highest BCUT2D eigenvalue weighted by Crippen LogP contribution is 2.28. The van der Waals surface area contributed by atoms with Gasteiger partial charge in [0.15, 0.2) is 0 Å². The fourth-order valence-corrected chi connectivity index (χ4v) is 1.58. The van der Waals surface area contributed by atoms with Crippen molar-refractivity contribution < 1.29 is 14.3 Å². The van der Waals surface area contributed by atoms with Gasteiger partial charge in [-0.25, -0.2) is 0 Å². The van der Waals surface area contributed by atoms with Crippen molar-refractivity contribution >= 4 is 29.0 Å². The van der Waals surface area contributed by atoms with Gasteiger partial charge in [0.05, 0.1) is 17.5 Å². The fraction of sp³-hybridized carbons (Fsp3) is 0.385. The third-order valence-corrected chi connectivity index (χ3v) is 2.28. The first-order chi connectivity index (χ1) is 8.38. The van der Waals surface area contributed by atoms with Gasteiger partial charge >= 0.3 is 0 Å². The number of Topliss-reactive ketones (excluding diaryl/α,β-unsaturated/α-hetero) is 1. The van der Waals surface area contributed by atoms with Gasteiger partial charge in [-0.15, -0.1) is 0 Å². The number of benzene rings is 1. The van der Waals surface area contributed by atoms with E-state index in [2.05, 4.69) is 5.32 Å². The van der Waals surface area contributed by atoms with Gasteiger partial charge in [0.25, 0.3) is 0 Å². The van der Waals surface area contributed by atoms with Crippen LogP contribution in [0, 0.1) is 0 Å². The molecule has 1 aromatic rings. The van der Waals surface area contributed by atoms with Gasteiger partial charge in [-0.2, -0.15) is 0 Å². The van der Waals surface area contributed by atoms with Crippen molar-refractivity contribution in [2.75, 3.05) is 5.32 Å². The number of anilines is 1. The van der Waals surface area contributed by atoms with E-state index in [0.29, 0.717) is 16.5 Å². The van der Waals surface area contributed by atoms with Crippen LogP contribution in [-0.4, -0.2) is 17.8 Å². The quantitative estimate of drug-likeness (QED) is 0.836. The second-order valence-corrected chi connectivity index (χ2v) is 4.65. The minimum absolute atomic E-state index is 0.0284. The zero-order valence-corrected chi connectivity index (χ0v) is 11.4. The van der Waals surface area contributed by atoms with Crippen LogP contribution >= 0.6 is 11.6 Å². The van der Waals surface area contributed by atoms with Crippen LogP contribution in [0.5, 0.6) is 5.75 Å². The van der Waals surface area contributed by atoms with E-state index in [-0.39, 0.29) is 24.2 Å². The number of ether oxygens (including phenoxy) is 1. The van der Waals surface area contributed by atoms with Crippen LogP contribution in [0.25, 0.3) is 0 Å². The molecule has 4 nitrogen and oxygen atoms in total. The Bertz CT molecular complexity index is 458. The van der Waals surface area contributed by atoms with Crippen molar-refractivity contribution in [3.8, 4) is 5.75 Å². The van der Waals surface area contributed by atoms with Gasteiger partial charge in [0.2, 0.25) is 5.91 Å². The molecule has 98 valence electrons. The summed E-state index contributed by atoms with van der Waals surface area (Å²) < 4.78 is 5.47. The summed E-state index contributed by atoms with van der Waals surface area (Å²) in [6.07, 6.45) is -0.109. The van der Waals surface area contributed by atoms with Crippen molar-refractivity contribution in [3.63, 3.8) is 0 Å². The van der Waals surface area contributed by atoms with E-state index in [1.165, 1.54) is 6.92 Å². The van der Waals surface area contributed by atoms with E-state index in [1.807, 2.05) is 13.8 Å². The standard InChI is InChI=1S/C13H16ClNO3/c1-8(2)18-12-5-4-10(7-11(12)14)15-13(17)6-9(3)16/h4-5,7-8H,6H2,1-3H3,(H,15,17). The number of carbonyl (C=O) groups excluding carboxylic acids is 2. The molecule has 0 fully saturated rings. The zero-order chi connectivity index (χ0) is 13.7. The number of amides is 1. The second-order valence-electron chi connectivity index (χ2n) is 4.24. The van der Waals surface area contributed by atoms with Gasteiger partial charge in [0, 0.05) is 5.69 Å². The maximum absolute atomic E-state index is 11.4. The number of carbonyl (C=O) groups is 2. The molecule has 1 aromatic carbocycles. The topological polar surface area (TPSA) is 55.4 Å². The number of ketones is 1. The summed E-state index contributed by atoms with van der Waals surface area (Å²) in [5.74, 6) is 0.0330. The molecule has 0 bridgehead atoms. The molecular weight excluding hydrogens is 254 g/mol. The number of hydrogen-bond donors (Lipinski definition) is 1. The molecule has 0 saturated carbocycles. The summed E-state index contributed by atoms with van der Waals surface area (Å²) in [6, 6.07) is 4.96. The van der Waals surface area contributed by atoms with Gasteiger partial charge in [-0.3, -0.25) is 9.59 Å². The largest absolute Gasteiger partial charge is 0.489 e. The van der Waals surface area contributed by atoms with Crippen LogP contribution in [0.3, 0.4) is 0 Å². The molecule has 0 radical (unpaired) electrons. The highest BCUT2D eigenvalue weighted by molar-refractivity contribution is 6.32. The van der Waals surface area contributed by atoms with E-state index < -0.39 is 0 Å². The third-order valence-electron chi connectivity index (χ3n) is 1.99. The summed E-state index contributed by atoms with van der Waals surface area (Å²) in [4.78, 5) is 22.2. The maximum atomic E-state index is 11.4. The van der Waals surface area contributed by atoms with E-state index >= 15 is 0 Å². The Balaban J connectivity index is 2.72. The van der Waals surface area contributed by atoms with E-state index in [1.54, 1.807) is 18.2 Å². The average Bonchev–Trinajstić information content (AvgIpc) is 2.20. The summed E-state index contributed by atoms with van der Waals surface area (Å²) in [7, 11) is 0. The molecule has 0 aliphatic carbocycles. The minimum atomic E-state index is -0.351. The fourth-order valence-electron chi connectivity index (χ4n) is 1.36. The highest BCUT2D eigenvalue weighted by Gasteiger charge is 2.08. The molecule has 1 amide bonds. The summed E-state index contributed by atoms with van der Waals surface area (Å²) in [5, 5.41) is 3.02. The van der Waals surface area contributed by atoms with Crippen LogP contribution in [0.1, 0.15) is 27.2 Å². The van der Waals surface area contributed by atoms with E-state index in [4.69, 9.17) is 16.3 Å². The van der Waals surface area contributed by atoms with Gasteiger partial charge in [0.1, 0.15) is 11.5 Å². The van der Waals surface area contributed by atoms with Crippen LogP contribution in [-0.2, 0) is 9.59 Å². The zero-order valence-electron chi connectivity index (χ0n) is 10.6. The van der Waals surface area contributed by atoms with Crippen molar-refractivity contribution in [2.24, 2.45) is 0 Å². The lowest BCUT2D eigenvalue weighted by Gasteiger charge is -2.12. The summed E-state index contributed by atoms with van der Waals surface area (Å²) in [6.45, 7) is 5.17. The van der Waals surface area contributed by atoms with Crippen molar-refractivity contribution in [1.82, 2.24) is 0 Å². The Kier molecular flexibility index (Phi) is 5.16. The van der Waals surface area contributed by atoms with E-state index in [0.717, 1.165) is 0 Å². The first-order valence-electron chi connectivity index (χ1n) is 5.64. The van der Waals surface area contributed by atoms with Gasteiger partial charge in [-0.05, 0) is 39.0 Å². The molecule has 1 rings (SSSR count). The molecule has 0 aromatic heterocycles. The van der Waals surface area contributed by atoms with Gasteiger partial charge < -0.3 is 10.1 Å². The minimum Gasteiger partial charge on any atom is -0.489 e. The predicted molar refractivity (Wildman–Crippen MR) is 71.1 cm³/mol. The number of hydrogen-bond acceptors (Lipinski definition) is 3. The van der Waals surface area contributed by atoms with Crippen molar-refractivity contribution in [1.29, 1.82) is 0 Å². The Morgan fingerprint density at radius 2 is 2.06 bits per heavy atom. The molecule has 0 atom stereocenters. The Morgan fingerprint density at radius 3 is 2.56 bits per heavy atom. The predicted octanol–water partition coefficient (Wildman–Crippen LogP) is 3.04. The lowest BCUT2D eigenvalue weighted by Crippen LogP contribution is -2.14. The number of halogens is 1. The molecule has 0 spiro atoms. The molecule has 0 aliphatic rings.